The van der Waals surface area contributed by atoms with Crippen LogP contribution in [-0.2, 0) is 0 Å². The molecule has 0 radical (unpaired) electrons. The van der Waals surface area contributed by atoms with Gasteiger partial charge in [0, 0.05) is 16.8 Å². The number of benzene rings is 1. The smallest absolute Gasteiger partial charge is 0.168 e. The summed E-state index contributed by atoms with van der Waals surface area (Å²) in [4.78, 5) is 15.1. The van der Waals surface area contributed by atoms with Crippen molar-refractivity contribution < 1.29 is 4.79 Å². The van der Waals surface area contributed by atoms with Crippen molar-refractivity contribution >= 4 is 23.5 Å². The van der Waals surface area contributed by atoms with Crippen LogP contribution in [0.2, 0.25) is 5.02 Å². The third-order valence-corrected chi connectivity index (χ3v) is 3.40. The summed E-state index contributed by atoms with van der Waals surface area (Å²) in [6.07, 6.45) is 4.18. The van der Waals surface area contributed by atoms with Crippen molar-refractivity contribution in [2.75, 3.05) is 0 Å². The Kier molecular flexibility index (Phi) is 2.80. The van der Waals surface area contributed by atoms with Gasteiger partial charge in [0.1, 0.15) is 5.69 Å². The number of carbonyl (C=O) groups is 1. The largest absolute Gasteiger partial charge is 0.296 e. The van der Waals surface area contributed by atoms with E-state index in [4.69, 9.17) is 11.6 Å². The summed E-state index contributed by atoms with van der Waals surface area (Å²) in [6.45, 7) is 1.95. The molecule has 0 amide bonds. The van der Waals surface area contributed by atoms with E-state index in [1.54, 1.807) is 23.0 Å². The Labute approximate surface area is 114 Å². The van der Waals surface area contributed by atoms with E-state index in [0.717, 1.165) is 28.0 Å². The highest BCUT2D eigenvalue weighted by atomic mass is 35.5. The number of carbonyl (C=O) groups excluding carboxylic acids is 1. The molecule has 4 nitrogen and oxygen atoms in total. The number of nitrogens with zero attached hydrogens (tertiary/aromatic N) is 3. The Morgan fingerprint density at radius 3 is 2.89 bits per heavy atom. The fourth-order valence-electron chi connectivity index (χ4n) is 1.96. The van der Waals surface area contributed by atoms with Crippen molar-refractivity contribution in [1.82, 2.24) is 14.6 Å². The summed E-state index contributed by atoms with van der Waals surface area (Å²) in [5.74, 6) is 0. The van der Waals surface area contributed by atoms with Gasteiger partial charge in [0.05, 0.1) is 6.20 Å². The molecule has 0 spiro atoms. The topological polar surface area (TPSA) is 47.3 Å². The summed E-state index contributed by atoms with van der Waals surface area (Å²) in [6, 6.07) is 7.37. The molecular weight excluding hydrogens is 262 g/mol. The molecule has 0 saturated carbocycles. The van der Waals surface area contributed by atoms with E-state index in [9.17, 15) is 4.79 Å². The Balaban J connectivity index is 2.23. The maximum Gasteiger partial charge on any atom is 0.168 e. The van der Waals surface area contributed by atoms with Gasteiger partial charge in [0.2, 0.25) is 0 Å². The highest BCUT2D eigenvalue weighted by Gasteiger charge is 2.09. The summed E-state index contributed by atoms with van der Waals surface area (Å²) in [5, 5.41) is 4.95. The van der Waals surface area contributed by atoms with Gasteiger partial charge >= 0.3 is 0 Å². The first-order valence-corrected chi connectivity index (χ1v) is 6.13. The first kappa shape index (κ1) is 11.9. The molecule has 3 aromatic rings. The highest BCUT2D eigenvalue weighted by molar-refractivity contribution is 6.31. The second kappa shape index (κ2) is 4.48. The minimum absolute atomic E-state index is 0.389. The van der Waals surface area contributed by atoms with E-state index in [0.29, 0.717) is 11.3 Å². The van der Waals surface area contributed by atoms with Crippen LogP contribution in [0.5, 0.6) is 0 Å². The summed E-state index contributed by atoms with van der Waals surface area (Å²) >= 11 is 6.03. The summed E-state index contributed by atoms with van der Waals surface area (Å²) in [7, 11) is 0. The van der Waals surface area contributed by atoms with Crippen LogP contribution in [0.4, 0.5) is 0 Å². The number of halogens is 1. The van der Waals surface area contributed by atoms with Crippen LogP contribution in [0.25, 0.3) is 16.8 Å². The Morgan fingerprint density at radius 1 is 1.32 bits per heavy atom. The average Bonchev–Trinajstić information content (AvgIpc) is 2.84. The average molecular weight is 272 g/mol. The molecule has 0 aliphatic carbocycles. The van der Waals surface area contributed by atoms with Gasteiger partial charge < -0.3 is 0 Å². The molecule has 0 saturated heterocycles. The van der Waals surface area contributed by atoms with Crippen LogP contribution in [0.15, 0.2) is 36.7 Å². The van der Waals surface area contributed by atoms with E-state index in [1.807, 2.05) is 25.1 Å². The van der Waals surface area contributed by atoms with Crippen molar-refractivity contribution in [1.29, 1.82) is 0 Å². The molecular formula is C14H10ClN3O. The van der Waals surface area contributed by atoms with E-state index in [2.05, 4.69) is 10.1 Å². The normalized spacial score (nSPS) is 10.8. The van der Waals surface area contributed by atoms with Crippen LogP contribution in [-0.4, -0.2) is 20.9 Å². The molecule has 0 fully saturated rings. The van der Waals surface area contributed by atoms with Crippen LogP contribution < -0.4 is 0 Å². The first-order chi connectivity index (χ1) is 9.19. The first-order valence-electron chi connectivity index (χ1n) is 5.75. The molecule has 19 heavy (non-hydrogen) atoms. The quantitative estimate of drug-likeness (QED) is 0.673. The molecule has 2 aromatic heterocycles. The maximum absolute atomic E-state index is 10.8. The molecule has 0 unspecified atom stereocenters. The van der Waals surface area contributed by atoms with Crippen LogP contribution >= 0.6 is 11.6 Å². The molecule has 0 bridgehead atoms. The van der Waals surface area contributed by atoms with Gasteiger partial charge in [-0.25, -0.2) is 9.50 Å². The Bertz CT molecular complexity index is 779. The van der Waals surface area contributed by atoms with Crippen molar-refractivity contribution in [3.8, 4) is 11.1 Å². The lowest BCUT2D eigenvalue weighted by atomic mass is 10.1. The number of hydrogen-bond donors (Lipinski definition) is 0. The van der Waals surface area contributed by atoms with Crippen molar-refractivity contribution in [2.45, 2.75) is 6.92 Å². The molecule has 0 atom stereocenters. The highest BCUT2D eigenvalue weighted by Crippen LogP contribution is 2.27. The van der Waals surface area contributed by atoms with Gasteiger partial charge in [0.15, 0.2) is 11.9 Å². The molecule has 3 rings (SSSR count). The zero-order chi connectivity index (χ0) is 13.4. The number of fused-ring (bicyclic) bond motifs is 1. The van der Waals surface area contributed by atoms with Gasteiger partial charge in [-0.3, -0.25) is 4.79 Å². The predicted molar refractivity (Wildman–Crippen MR) is 73.6 cm³/mol. The van der Waals surface area contributed by atoms with Crippen LogP contribution in [0.3, 0.4) is 0 Å². The monoisotopic (exact) mass is 271 g/mol. The van der Waals surface area contributed by atoms with Gasteiger partial charge in [0.25, 0.3) is 0 Å². The number of aromatic nitrogens is 3. The number of rotatable bonds is 2. The van der Waals surface area contributed by atoms with Crippen molar-refractivity contribution in [3.05, 3.63) is 52.9 Å². The van der Waals surface area contributed by atoms with Crippen LogP contribution in [0, 0.1) is 6.92 Å². The maximum atomic E-state index is 10.8. The fourth-order valence-corrected chi connectivity index (χ4v) is 2.08. The third kappa shape index (κ3) is 2.00. The van der Waals surface area contributed by atoms with Crippen molar-refractivity contribution in [2.24, 2.45) is 0 Å². The molecule has 0 aliphatic heterocycles. The standard InChI is InChI=1S/C14H10ClN3O/c1-9-6-10(2-3-13(9)15)12-7-16-18-5-4-11(8-19)17-14(12)18/h2-8H,1H3. The molecule has 94 valence electrons. The minimum atomic E-state index is 0.389. The molecule has 0 aliphatic rings. The van der Waals surface area contributed by atoms with Gasteiger partial charge in [-0.1, -0.05) is 17.7 Å². The Morgan fingerprint density at radius 2 is 2.16 bits per heavy atom. The zero-order valence-electron chi connectivity index (χ0n) is 10.2. The molecule has 1 aromatic carbocycles. The summed E-state index contributed by atoms with van der Waals surface area (Å²) < 4.78 is 1.65. The van der Waals surface area contributed by atoms with E-state index < -0.39 is 0 Å². The predicted octanol–water partition coefficient (Wildman–Crippen LogP) is 3.17. The lowest BCUT2D eigenvalue weighted by molar-refractivity contribution is 0.111. The lowest BCUT2D eigenvalue weighted by Crippen LogP contribution is -1.94. The lowest BCUT2D eigenvalue weighted by Gasteiger charge is -2.02. The third-order valence-electron chi connectivity index (χ3n) is 2.98. The molecule has 2 heterocycles. The second-order valence-corrected chi connectivity index (χ2v) is 4.67. The summed E-state index contributed by atoms with van der Waals surface area (Å²) in [5.41, 5.74) is 3.90. The zero-order valence-corrected chi connectivity index (χ0v) is 10.9. The van der Waals surface area contributed by atoms with E-state index in [-0.39, 0.29) is 0 Å². The SMILES string of the molecule is Cc1cc(-c2cnn3ccc(C=O)nc23)ccc1Cl. The van der Waals surface area contributed by atoms with Crippen LogP contribution in [0.1, 0.15) is 16.1 Å². The Hall–Kier alpha value is -2.20. The number of aryl methyl sites for hydroxylation is 1. The van der Waals surface area contributed by atoms with Gasteiger partial charge in [-0.05, 0) is 36.2 Å². The van der Waals surface area contributed by atoms with E-state index in [1.165, 1.54) is 0 Å². The number of aldehydes is 1. The van der Waals surface area contributed by atoms with Gasteiger partial charge in [-0.2, -0.15) is 5.10 Å². The fraction of sp³-hybridized carbons (Fsp3) is 0.0714. The van der Waals surface area contributed by atoms with Gasteiger partial charge in [-0.15, -0.1) is 0 Å². The number of hydrogen-bond acceptors (Lipinski definition) is 3. The van der Waals surface area contributed by atoms with E-state index >= 15 is 0 Å². The molecule has 0 N–H and O–H groups in total. The minimum Gasteiger partial charge on any atom is -0.296 e. The molecule has 5 heteroatoms. The van der Waals surface area contributed by atoms with Crippen molar-refractivity contribution in [3.63, 3.8) is 0 Å². The second-order valence-electron chi connectivity index (χ2n) is 4.26.